The second kappa shape index (κ2) is 12.8. The summed E-state index contributed by atoms with van der Waals surface area (Å²) >= 11 is 13.4. The number of urea groups is 1. The van der Waals surface area contributed by atoms with E-state index in [1.54, 1.807) is 47.8 Å². The zero-order valence-electron chi connectivity index (χ0n) is 21.3. The fourth-order valence-electron chi connectivity index (χ4n) is 3.94. The summed E-state index contributed by atoms with van der Waals surface area (Å²) in [5, 5.41) is 8.08. The SMILES string of the molecule is Cc1cc(C)cc(NC(=O)NCCCNS(=O)(=O)c2sccc2-c2ccccc2Oc2ccc(Cl)cc2Cl)c1. The lowest BCUT2D eigenvalue weighted by molar-refractivity contribution is 0.252. The van der Waals surface area contributed by atoms with Crippen LogP contribution in [-0.4, -0.2) is 27.5 Å². The van der Waals surface area contributed by atoms with Gasteiger partial charge in [0.15, 0.2) is 0 Å². The number of benzene rings is 3. The van der Waals surface area contributed by atoms with Crippen molar-refractivity contribution in [2.45, 2.75) is 24.5 Å². The van der Waals surface area contributed by atoms with Crippen molar-refractivity contribution in [1.29, 1.82) is 0 Å². The molecule has 0 spiro atoms. The van der Waals surface area contributed by atoms with Crippen LogP contribution in [0.2, 0.25) is 10.0 Å². The van der Waals surface area contributed by atoms with E-state index in [1.807, 2.05) is 38.1 Å². The van der Waals surface area contributed by atoms with E-state index in [4.69, 9.17) is 27.9 Å². The number of hydrogen-bond donors (Lipinski definition) is 3. The summed E-state index contributed by atoms with van der Waals surface area (Å²) in [4.78, 5) is 12.2. The highest BCUT2D eigenvalue weighted by Gasteiger charge is 2.23. The third-order valence-corrected chi connectivity index (χ3v) is 9.05. The zero-order chi connectivity index (χ0) is 28.0. The van der Waals surface area contributed by atoms with Gasteiger partial charge in [-0.2, -0.15) is 0 Å². The second-order valence-electron chi connectivity index (χ2n) is 8.80. The molecule has 39 heavy (non-hydrogen) atoms. The number of ether oxygens (including phenoxy) is 1. The van der Waals surface area contributed by atoms with Gasteiger partial charge in [0.2, 0.25) is 0 Å². The van der Waals surface area contributed by atoms with Crippen LogP contribution in [0.1, 0.15) is 17.5 Å². The maximum atomic E-state index is 13.2. The monoisotopic (exact) mass is 603 g/mol. The molecular weight excluding hydrogens is 577 g/mol. The Hall–Kier alpha value is -3.08. The number of para-hydroxylation sites is 1. The van der Waals surface area contributed by atoms with E-state index in [0.717, 1.165) is 22.5 Å². The molecule has 1 heterocycles. The normalized spacial score (nSPS) is 11.3. The molecule has 1 aromatic heterocycles. The van der Waals surface area contributed by atoms with Crippen molar-refractivity contribution < 1.29 is 17.9 Å². The highest BCUT2D eigenvalue weighted by Crippen LogP contribution is 2.40. The molecule has 0 aliphatic rings. The Balaban J connectivity index is 1.37. The summed E-state index contributed by atoms with van der Waals surface area (Å²) in [6, 6.07) is 19.2. The lowest BCUT2D eigenvalue weighted by Gasteiger charge is -2.14. The van der Waals surface area contributed by atoms with Gasteiger partial charge in [0.25, 0.3) is 10.0 Å². The van der Waals surface area contributed by atoms with Crippen molar-refractivity contribution in [3.05, 3.63) is 93.3 Å². The largest absolute Gasteiger partial charge is 0.455 e. The van der Waals surface area contributed by atoms with E-state index >= 15 is 0 Å². The number of nitrogens with one attached hydrogen (secondary N) is 3. The number of aryl methyl sites for hydroxylation is 2. The molecule has 3 N–H and O–H groups in total. The van der Waals surface area contributed by atoms with Gasteiger partial charge in [-0.1, -0.05) is 47.5 Å². The van der Waals surface area contributed by atoms with Crippen LogP contribution in [0.4, 0.5) is 10.5 Å². The molecule has 0 unspecified atom stereocenters. The van der Waals surface area contributed by atoms with Gasteiger partial charge < -0.3 is 15.4 Å². The molecule has 0 atom stereocenters. The minimum Gasteiger partial charge on any atom is -0.455 e. The van der Waals surface area contributed by atoms with E-state index in [2.05, 4.69) is 15.4 Å². The summed E-state index contributed by atoms with van der Waals surface area (Å²) in [6.45, 7) is 4.38. The standard InChI is InChI=1S/C28H27Cl2N3O4S2/c1-18-14-19(2)16-21(15-18)33-28(34)31-11-5-12-32-39(35,36)27-23(10-13-38-27)22-6-3-4-7-25(22)37-26-9-8-20(29)17-24(26)30/h3-4,6-10,13-17,32H,5,11-12H2,1-2H3,(H2,31,33,34). The van der Waals surface area contributed by atoms with Crippen LogP contribution < -0.4 is 20.1 Å². The van der Waals surface area contributed by atoms with Crippen molar-refractivity contribution in [1.82, 2.24) is 10.0 Å². The third-order valence-electron chi connectivity index (χ3n) is 5.58. The summed E-state index contributed by atoms with van der Waals surface area (Å²) < 4.78 is 35.2. The van der Waals surface area contributed by atoms with Crippen LogP contribution in [0.25, 0.3) is 11.1 Å². The molecule has 2 amide bonds. The first-order valence-corrected chi connectivity index (χ1v) is 15.2. The van der Waals surface area contributed by atoms with Crippen LogP contribution in [0.5, 0.6) is 11.5 Å². The number of rotatable bonds is 10. The molecular formula is C28H27Cl2N3O4S2. The molecule has 4 aromatic rings. The lowest BCUT2D eigenvalue weighted by atomic mass is 10.1. The van der Waals surface area contributed by atoms with Gasteiger partial charge in [-0.15, -0.1) is 11.3 Å². The number of halogens is 2. The fourth-order valence-corrected chi connectivity index (χ4v) is 6.88. The van der Waals surface area contributed by atoms with Gasteiger partial charge in [0.1, 0.15) is 15.7 Å². The van der Waals surface area contributed by atoms with Gasteiger partial charge in [0, 0.05) is 34.9 Å². The predicted octanol–water partition coefficient (Wildman–Crippen LogP) is 7.62. The number of hydrogen-bond acceptors (Lipinski definition) is 5. The molecule has 7 nitrogen and oxygen atoms in total. The van der Waals surface area contributed by atoms with Crippen LogP contribution in [0.3, 0.4) is 0 Å². The van der Waals surface area contributed by atoms with E-state index in [9.17, 15) is 13.2 Å². The Morgan fingerprint density at radius 2 is 1.64 bits per heavy atom. The summed E-state index contributed by atoms with van der Waals surface area (Å²) in [5.74, 6) is 0.857. The highest BCUT2D eigenvalue weighted by atomic mass is 35.5. The first-order valence-electron chi connectivity index (χ1n) is 12.0. The van der Waals surface area contributed by atoms with Crippen molar-refractivity contribution in [3.8, 4) is 22.6 Å². The molecule has 0 aliphatic carbocycles. The number of amides is 2. The van der Waals surface area contributed by atoms with Crippen molar-refractivity contribution in [2.75, 3.05) is 18.4 Å². The quantitative estimate of drug-likeness (QED) is 0.162. The molecule has 204 valence electrons. The molecule has 0 bridgehead atoms. The Bertz CT molecular complexity index is 1570. The van der Waals surface area contributed by atoms with Crippen LogP contribution in [0, 0.1) is 13.8 Å². The average Bonchev–Trinajstić information content (AvgIpc) is 3.36. The summed E-state index contributed by atoms with van der Waals surface area (Å²) in [7, 11) is -3.82. The van der Waals surface area contributed by atoms with E-state index in [-0.39, 0.29) is 16.8 Å². The predicted molar refractivity (Wildman–Crippen MR) is 159 cm³/mol. The smallest absolute Gasteiger partial charge is 0.319 e. The molecule has 11 heteroatoms. The second-order valence-corrected chi connectivity index (χ2v) is 12.5. The molecule has 0 radical (unpaired) electrons. The molecule has 0 aliphatic heterocycles. The molecule has 0 saturated carbocycles. The maximum Gasteiger partial charge on any atom is 0.319 e. The van der Waals surface area contributed by atoms with Crippen LogP contribution in [0.15, 0.2) is 76.3 Å². The fraction of sp³-hybridized carbons (Fsp3) is 0.179. The average molecular weight is 605 g/mol. The van der Waals surface area contributed by atoms with Crippen molar-refractivity contribution in [3.63, 3.8) is 0 Å². The number of thiophene rings is 1. The molecule has 3 aromatic carbocycles. The van der Waals surface area contributed by atoms with Crippen molar-refractivity contribution >= 4 is 56.3 Å². The minimum atomic E-state index is -3.82. The van der Waals surface area contributed by atoms with Gasteiger partial charge in [0.05, 0.1) is 5.02 Å². The Labute approximate surface area is 242 Å². The lowest BCUT2D eigenvalue weighted by Crippen LogP contribution is -2.32. The van der Waals surface area contributed by atoms with Gasteiger partial charge in [-0.3, -0.25) is 0 Å². The number of carbonyl (C=O) groups is 1. The first kappa shape index (κ1) is 28.9. The highest BCUT2D eigenvalue weighted by molar-refractivity contribution is 7.91. The van der Waals surface area contributed by atoms with E-state index in [1.165, 1.54) is 0 Å². The third kappa shape index (κ3) is 7.74. The summed E-state index contributed by atoms with van der Waals surface area (Å²) in [6.07, 6.45) is 0.412. The van der Waals surface area contributed by atoms with E-state index in [0.29, 0.717) is 51.3 Å². The van der Waals surface area contributed by atoms with E-state index < -0.39 is 10.0 Å². The first-order chi connectivity index (χ1) is 18.6. The summed E-state index contributed by atoms with van der Waals surface area (Å²) in [5.41, 5.74) is 3.93. The zero-order valence-corrected chi connectivity index (χ0v) is 24.4. The van der Waals surface area contributed by atoms with Gasteiger partial charge in [-0.25, -0.2) is 17.9 Å². The Kier molecular flexibility index (Phi) is 9.53. The Morgan fingerprint density at radius 3 is 2.38 bits per heavy atom. The van der Waals surface area contributed by atoms with Crippen LogP contribution in [-0.2, 0) is 10.0 Å². The number of sulfonamides is 1. The maximum absolute atomic E-state index is 13.2. The number of anilines is 1. The Morgan fingerprint density at radius 1 is 0.897 bits per heavy atom. The van der Waals surface area contributed by atoms with Crippen LogP contribution >= 0.6 is 34.5 Å². The van der Waals surface area contributed by atoms with Gasteiger partial charge in [-0.05, 0) is 79.2 Å². The topological polar surface area (TPSA) is 96.5 Å². The molecule has 0 saturated heterocycles. The molecule has 4 rings (SSSR count). The minimum absolute atomic E-state index is 0.155. The van der Waals surface area contributed by atoms with Crippen molar-refractivity contribution in [2.24, 2.45) is 0 Å². The van der Waals surface area contributed by atoms with Gasteiger partial charge >= 0.3 is 6.03 Å². The molecule has 0 fully saturated rings. The number of carbonyl (C=O) groups excluding carboxylic acids is 1.